The molecule has 0 fully saturated rings. The Morgan fingerprint density at radius 2 is 1.52 bits per heavy atom. The molecule has 0 spiro atoms. The van der Waals surface area contributed by atoms with Gasteiger partial charge in [-0.15, -0.1) is 0 Å². The van der Waals surface area contributed by atoms with Gasteiger partial charge in [0.25, 0.3) is 15.9 Å². The van der Waals surface area contributed by atoms with Gasteiger partial charge < -0.3 is 9.73 Å². The second kappa shape index (κ2) is 8.11. The van der Waals surface area contributed by atoms with Crippen molar-refractivity contribution in [3.63, 3.8) is 0 Å². The van der Waals surface area contributed by atoms with Crippen molar-refractivity contribution in [3.05, 3.63) is 102 Å². The Morgan fingerprint density at radius 1 is 0.788 bits per heavy atom. The number of rotatable bonds is 5. The van der Waals surface area contributed by atoms with Crippen LogP contribution < -0.4 is 10.0 Å². The highest BCUT2D eigenvalue weighted by Crippen LogP contribution is 2.30. The lowest BCUT2D eigenvalue weighted by molar-refractivity contribution is 0.102. The van der Waals surface area contributed by atoms with Gasteiger partial charge in [0.15, 0.2) is 0 Å². The zero-order chi connectivity index (χ0) is 23.0. The van der Waals surface area contributed by atoms with Crippen LogP contribution in [-0.4, -0.2) is 14.3 Å². The van der Waals surface area contributed by atoms with Gasteiger partial charge in [0.1, 0.15) is 11.2 Å². The molecule has 0 saturated heterocycles. The van der Waals surface area contributed by atoms with E-state index < -0.39 is 10.0 Å². The molecular formula is C26H20N2O4S. The molecule has 7 heteroatoms. The third-order valence-electron chi connectivity index (χ3n) is 5.42. The van der Waals surface area contributed by atoms with Gasteiger partial charge in [-0.1, -0.05) is 36.4 Å². The minimum Gasteiger partial charge on any atom is -0.456 e. The summed E-state index contributed by atoms with van der Waals surface area (Å²) in [5.74, 6) is -0.300. The van der Waals surface area contributed by atoms with E-state index in [4.69, 9.17) is 4.42 Å². The van der Waals surface area contributed by atoms with E-state index in [1.165, 1.54) is 12.1 Å². The van der Waals surface area contributed by atoms with Gasteiger partial charge in [-0.3, -0.25) is 9.52 Å². The van der Waals surface area contributed by atoms with Crippen molar-refractivity contribution >= 4 is 49.2 Å². The number of carbonyl (C=O) groups is 1. The SMILES string of the molecule is Cc1cc(C(=O)Nc2ccc3c(c2)oc2ccccc23)ccc1NS(=O)(=O)c1ccccc1. The molecule has 2 N–H and O–H groups in total. The summed E-state index contributed by atoms with van der Waals surface area (Å²) in [6.07, 6.45) is 0. The molecule has 1 aromatic heterocycles. The van der Waals surface area contributed by atoms with Gasteiger partial charge in [-0.25, -0.2) is 8.42 Å². The standard InChI is InChI=1S/C26H20N2O4S/c1-17-15-18(11-14-23(17)28-33(30,31)20-7-3-2-4-8-20)26(29)27-19-12-13-22-21-9-5-6-10-24(21)32-25(22)16-19/h2-16,28H,1H3,(H,27,29). The van der Waals surface area contributed by atoms with Crippen LogP contribution in [0, 0.1) is 6.92 Å². The van der Waals surface area contributed by atoms with Gasteiger partial charge in [-0.2, -0.15) is 0 Å². The second-order valence-electron chi connectivity index (χ2n) is 7.71. The van der Waals surface area contributed by atoms with E-state index in [2.05, 4.69) is 10.0 Å². The summed E-state index contributed by atoms with van der Waals surface area (Å²) < 4.78 is 33.6. The number of hydrogen-bond donors (Lipinski definition) is 2. The first kappa shape index (κ1) is 20.8. The molecule has 0 aliphatic carbocycles. The average molecular weight is 457 g/mol. The topological polar surface area (TPSA) is 88.4 Å². The van der Waals surface area contributed by atoms with Crippen LogP contribution in [0.15, 0.2) is 100 Å². The van der Waals surface area contributed by atoms with E-state index in [0.29, 0.717) is 28.1 Å². The van der Waals surface area contributed by atoms with Crippen LogP contribution in [0.5, 0.6) is 0 Å². The minimum absolute atomic E-state index is 0.173. The quantitative estimate of drug-likeness (QED) is 0.342. The monoisotopic (exact) mass is 456 g/mol. The number of hydrogen-bond acceptors (Lipinski definition) is 4. The predicted molar refractivity (Wildman–Crippen MR) is 130 cm³/mol. The minimum atomic E-state index is -3.71. The highest BCUT2D eigenvalue weighted by molar-refractivity contribution is 7.92. The molecule has 0 unspecified atom stereocenters. The van der Waals surface area contributed by atoms with E-state index in [9.17, 15) is 13.2 Å². The number of para-hydroxylation sites is 1. The van der Waals surface area contributed by atoms with E-state index in [1.807, 2.05) is 36.4 Å². The molecule has 5 aromatic rings. The van der Waals surface area contributed by atoms with Crippen LogP contribution >= 0.6 is 0 Å². The fraction of sp³-hybridized carbons (Fsp3) is 0.0385. The maximum Gasteiger partial charge on any atom is 0.261 e. The van der Waals surface area contributed by atoms with Crippen LogP contribution in [-0.2, 0) is 10.0 Å². The zero-order valence-corrected chi connectivity index (χ0v) is 18.5. The Balaban J connectivity index is 1.36. The number of aryl methyl sites for hydroxylation is 1. The molecule has 0 atom stereocenters. The van der Waals surface area contributed by atoms with Crippen molar-refractivity contribution in [2.75, 3.05) is 10.0 Å². The molecule has 0 bridgehead atoms. The largest absolute Gasteiger partial charge is 0.456 e. The van der Waals surface area contributed by atoms with Crippen molar-refractivity contribution in [1.82, 2.24) is 0 Å². The van der Waals surface area contributed by atoms with E-state index in [1.54, 1.807) is 49.4 Å². The number of anilines is 2. The van der Waals surface area contributed by atoms with Crippen LogP contribution in [0.25, 0.3) is 21.9 Å². The van der Waals surface area contributed by atoms with E-state index in [-0.39, 0.29) is 10.8 Å². The molecule has 33 heavy (non-hydrogen) atoms. The summed E-state index contributed by atoms with van der Waals surface area (Å²) in [4.78, 5) is 13.0. The lowest BCUT2D eigenvalue weighted by Crippen LogP contribution is -2.15. The van der Waals surface area contributed by atoms with Gasteiger partial charge in [0, 0.05) is 28.1 Å². The van der Waals surface area contributed by atoms with Crippen LogP contribution in [0.1, 0.15) is 15.9 Å². The summed E-state index contributed by atoms with van der Waals surface area (Å²) in [6, 6.07) is 26.3. The van der Waals surface area contributed by atoms with Crippen molar-refractivity contribution < 1.29 is 17.6 Å². The molecule has 0 aliphatic rings. The van der Waals surface area contributed by atoms with Crippen molar-refractivity contribution in [2.24, 2.45) is 0 Å². The lowest BCUT2D eigenvalue weighted by atomic mass is 10.1. The smallest absolute Gasteiger partial charge is 0.261 e. The molecule has 0 saturated carbocycles. The third kappa shape index (κ3) is 4.06. The maximum absolute atomic E-state index is 12.8. The van der Waals surface area contributed by atoms with Crippen molar-refractivity contribution in [1.29, 1.82) is 0 Å². The van der Waals surface area contributed by atoms with Gasteiger partial charge >= 0.3 is 0 Å². The van der Waals surface area contributed by atoms with Gasteiger partial charge in [0.05, 0.1) is 10.6 Å². The zero-order valence-electron chi connectivity index (χ0n) is 17.7. The Labute approximate surface area is 190 Å². The fourth-order valence-electron chi connectivity index (χ4n) is 3.73. The fourth-order valence-corrected chi connectivity index (χ4v) is 4.88. The number of sulfonamides is 1. The van der Waals surface area contributed by atoms with Crippen molar-refractivity contribution in [3.8, 4) is 0 Å². The van der Waals surface area contributed by atoms with Gasteiger partial charge in [0.2, 0.25) is 0 Å². The molecule has 0 radical (unpaired) electrons. The number of amides is 1. The Hall–Kier alpha value is -4.10. The van der Waals surface area contributed by atoms with Crippen LogP contribution in [0.4, 0.5) is 11.4 Å². The summed E-state index contributed by atoms with van der Waals surface area (Å²) in [7, 11) is -3.71. The molecule has 6 nitrogen and oxygen atoms in total. The molecule has 1 amide bonds. The number of furan rings is 1. The Bertz CT molecular complexity index is 1610. The number of fused-ring (bicyclic) bond motifs is 3. The average Bonchev–Trinajstić information content (AvgIpc) is 3.18. The first-order valence-corrected chi connectivity index (χ1v) is 11.8. The first-order chi connectivity index (χ1) is 15.9. The lowest BCUT2D eigenvalue weighted by Gasteiger charge is -2.12. The van der Waals surface area contributed by atoms with Gasteiger partial charge in [-0.05, 0) is 61.0 Å². The number of nitrogens with one attached hydrogen (secondary N) is 2. The van der Waals surface area contributed by atoms with E-state index >= 15 is 0 Å². The Morgan fingerprint density at radius 3 is 2.30 bits per heavy atom. The summed E-state index contributed by atoms with van der Waals surface area (Å²) >= 11 is 0. The summed E-state index contributed by atoms with van der Waals surface area (Å²) in [6.45, 7) is 1.75. The Kier molecular flexibility index (Phi) is 5.11. The number of carbonyl (C=O) groups excluding carboxylic acids is 1. The maximum atomic E-state index is 12.8. The second-order valence-corrected chi connectivity index (χ2v) is 9.39. The molecule has 164 valence electrons. The highest BCUT2D eigenvalue weighted by atomic mass is 32.2. The van der Waals surface area contributed by atoms with E-state index in [0.717, 1.165) is 16.4 Å². The first-order valence-electron chi connectivity index (χ1n) is 10.3. The highest BCUT2D eigenvalue weighted by Gasteiger charge is 2.16. The summed E-state index contributed by atoms with van der Waals surface area (Å²) in [5.41, 5.74) is 3.56. The predicted octanol–water partition coefficient (Wildman–Crippen LogP) is 5.95. The molecule has 4 aromatic carbocycles. The molecular weight excluding hydrogens is 436 g/mol. The van der Waals surface area contributed by atoms with Crippen molar-refractivity contribution in [2.45, 2.75) is 11.8 Å². The third-order valence-corrected chi connectivity index (χ3v) is 6.80. The molecule has 0 aliphatic heterocycles. The van der Waals surface area contributed by atoms with Crippen LogP contribution in [0.2, 0.25) is 0 Å². The molecule has 5 rings (SSSR count). The normalized spacial score (nSPS) is 11.5. The van der Waals surface area contributed by atoms with Crippen LogP contribution in [0.3, 0.4) is 0 Å². The summed E-state index contributed by atoms with van der Waals surface area (Å²) in [5, 5.41) is 4.88. The molecule has 1 heterocycles. The number of benzene rings is 4.